The maximum atomic E-state index is 12.4. The lowest BCUT2D eigenvalue weighted by Gasteiger charge is -2.17. The Morgan fingerprint density at radius 2 is 2.00 bits per heavy atom. The zero-order valence-corrected chi connectivity index (χ0v) is 14.6. The Hall–Kier alpha value is -2.04. The van der Waals surface area contributed by atoms with Crippen LogP contribution >= 0.6 is 23.2 Å². The lowest BCUT2D eigenvalue weighted by atomic mass is 10.1. The number of anilines is 2. The number of carbonyl (C=O) groups is 2. The van der Waals surface area contributed by atoms with Crippen molar-refractivity contribution in [2.24, 2.45) is 5.92 Å². The van der Waals surface area contributed by atoms with Crippen molar-refractivity contribution in [1.29, 1.82) is 0 Å². The van der Waals surface area contributed by atoms with Crippen molar-refractivity contribution in [2.45, 2.75) is 13.3 Å². The van der Waals surface area contributed by atoms with E-state index in [4.69, 9.17) is 23.2 Å². The fourth-order valence-electron chi connectivity index (χ4n) is 2.69. The quantitative estimate of drug-likeness (QED) is 0.884. The summed E-state index contributed by atoms with van der Waals surface area (Å²) in [5, 5.41) is 3.96. The fourth-order valence-corrected chi connectivity index (χ4v) is 3.06. The van der Waals surface area contributed by atoms with Gasteiger partial charge >= 0.3 is 0 Å². The Bertz CT molecular complexity index is 807. The van der Waals surface area contributed by atoms with Crippen molar-refractivity contribution in [3.8, 4) is 0 Å². The van der Waals surface area contributed by atoms with Crippen molar-refractivity contribution in [3.05, 3.63) is 58.1 Å². The molecule has 1 fully saturated rings. The van der Waals surface area contributed by atoms with Gasteiger partial charge in [-0.2, -0.15) is 0 Å². The lowest BCUT2D eigenvalue weighted by molar-refractivity contribution is -0.122. The summed E-state index contributed by atoms with van der Waals surface area (Å²) in [6, 6.07) is 12.4. The van der Waals surface area contributed by atoms with E-state index in [9.17, 15) is 9.59 Å². The van der Waals surface area contributed by atoms with Crippen LogP contribution in [-0.4, -0.2) is 18.4 Å². The molecule has 1 N–H and O–H groups in total. The Kier molecular flexibility index (Phi) is 4.78. The van der Waals surface area contributed by atoms with E-state index in [0.29, 0.717) is 28.0 Å². The number of amides is 2. The van der Waals surface area contributed by atoms with Crippen LogP contribution in [0.2, 0.25) is 10.0 Å². The summed E-state index contributed by atoms with van der Waals surface area (Å²) >= 11 is 12.0. The van der Waals surface area contributed by atoms with Crippen LogP contribution in [0.1, 0.15) is 12.0 Å². The van der Waals surface area contributed by atoms with Crippen LogP contribution in [-0.2, 0) is 9.59 Å². The van der Waals surface area contributed by atoms with Crippen LogP contribution in [0.4, 0.5) is 11.4 Å². The van der Waals surface area contributed by atoms with E-state index < -0.39 is 5.92 Å². The first-order valence-corrected chi connectivity index (χ1v) is 8.32. The van der Waals surface area contributed by atoms with Gasteiger partial charge in [0.05, 0.1) is 5.92 Å². The number of hydrogen-bond donors (Lipinski definition) is 1. The number of benzene rings is 2. The normalized spacial score (nSPS) is 17.2. The molecule has 6 heteroatoms. The summed E-state index contributed by atoms with van der Waals surface area (Å²) < 4.78 is 0. The number of nitrogens with zero attached hydrogens (tertiary/aromatic N) is 1. The number of carbonyl (C=O) groups excluding carboxylic acids is 2. The third-order valence-electron chi connectivity index (χ3n) is 4.06. The number of aryl methyl sites for hydroxylation is 1. The van der Waals surface area contributed by atoms with Gasteiger partial charge in [-0.15, -0.1) is 0 Å². The van der Waals surface area contributed by atoms with Crippen molar-refractivity contribution in [2.75, 3.05) is 16.8 Å². The first-order chi connectivity index (χ1) is 11.4. The molecule has 2 amide bonds. The van der Waals surface area contributed by atoms with E-state index in [1.165, 1.54) is 0 Å². The zero-order valence-electron chi connectivity index (χ0n) is 13.1. The maximum Gasteiger partial charge on any atom is 0.229 e. The molecule has 124 valence electrons. The van der Waals surface area contributed by atoms with E-state index in [1.54, 1.807) is 35.2 Å². The first kappa shape index (κ1) is 16.8. The van der Waals surface area contributed by atoms with Crippen molar-refractivity contribution < 1.29 is 9.59 Å². The van der Waals surface area contributed by atoms with Gasteiger partial charge in [0.2, 0.25) is 11.8 Å². The van der Waals surface area contributed by atoms with Gasteiger partial charge in [-0.25, -0.2) is 0 Å². The van der Waals surface area contributed by atoms with Gasteiger partial charge in [0.25, 0.3) is 0 Å². The van der Waals surface area contributed by atoms with Crippen LogP contribution in [0.3, 0.4) is 0 Å². The first-order valence-electron chi connectivity index (χ1n) is 7.57. The van der Waals surface area contributed by atoms with E-state index in [1.807, 2.05) is 19.1 Å². The molecule has 1 aliphatic heterocycles. The molecule has 1 atom stereocenters. The van der Waals surface area contributed by atoms with Gasteiger partial charge in [-0.05, 0) is 42.8 Å². The van der Waals surface area contributed by atoms with Crippen LogP contribution in [0, 0.1) is 12.8 Å². The van der Waals surface area contributed by atoms with E-state index in [2.05, 4.69) is 5.32 Å². The second-order valence-corrected chi connectivity index (χ2v) is 6.68. The largest absolute Gasteiger partial charge is 0.326 e. The average Bonchev–Trinajstić information content (AvgIpc) is 2.92. The van der Waals surface area contributed by atoms with Gasteiger partial charge in [0.1, 0.15) is 0 Å². The number of hydrogen-bond acceptors (Lipinski definition) is 2. The molecule has 0 saturated carbocycles. The molecule has 1 heterocycles. The molecular formula is C18H16Cl2N2O2. The topological polar surface area (TPSA) is 49.4 Å². The third-order valence-corrected chi connectivity index (χ3v) is 4.70. The minimum Gasteiger partial charge on any atom is -0.326 e. The van der Waals surface area contributed by atoms with E-state index in [-0.39, 0.29) is 18.2 Å². The SMILES string of the molecule is Cc1ccc(N2C[C@@H](C(=O)Nc3cccc(Cl)c3)CC2=O)cc1Cl. The van der Waals surface area contributed by atoms with Gasteiger partial charge < -0.3 is 10.2 Å². The second-order valence-electron chi connectivity index (χ2n) is 5.84. The predicted molar refractivity (Wildman–Crippen MR) is 96.7 cm³/mol. The number of halogens is 2. The van der Waals surface area contributed by atoms with Crippen molar-refractivity contribution in [3.63, 3.8) is 0 Å². The molecule has 1 saturated heterocycles. The monoisotopic (exact) mass is 362 g/mol. The molecule has 0 bridgehead atoms. The second kappa shape index (κ2) is 6.83. The van der Waals surface area contributed by atoms with Gasteiger partial charge in [-0.3, -0.25) is 9.59 Å². The summed E-state index contributed by atoms with van der Waals surface area (Å²) in [5.74, 6) is -0.677. The Labute approximate surface area is 150 Å². The number of nitrogens with one attached hydrogen (secondary N) is 1. The molecule has 4 nitrogen and oxygen atoms in total. The van der Waals surface area contributed by atoms with E-state index >= 15 is 0 Å². The maximum absolute atomic E-state index is 12.4. The molecule has 0 aliphatic carbocycles. The van der Waals surface area contributed by atoms with Crippen molar-refractivity contribution in [1.82, 2.24) is 0 Å². The molecule has 24 heavy (non-hydrogen) atoms. The molecule has 2 aromatic rings. The summed E-state index contributed by atoms with van der Waals surface area (Å²) in [6.07, 6.45) is 0.178. The molecule has 3 rings (SSSR count). The summed E-state index contributed by atoms with van der Waals surface area (Å²) in [4.78, 5) is 26.3. The standard InChI is InChI=1S/C18H16Cl2N2O2/c1-11-5-6-15(9-16(11)20)22-10-12(7-17(22)23)18(24)21-14-4-2-3-13(19)8-14/h2-6,8-9,12H,7,10H2,1H3,(H,21,24)/t12-/m0/s1. The van der Waals surface area contributed by atoms with Crippen LogP contribution in [0.25, 0.3) is 0 Å². The molecule has 2 aromatic carbocycles. The molecule has 0 spiro atoms. The Morgan fingerprint density at radius 3 is 2.71 bits per heavy atom. The minimum absolute atomic E-state index is 0.0823. The highest BCUT2D eigenvalue weighted by atomic mass is 35.5. The Morgan fingerprint density at radius 1 is 1.21 bits per heavy atom. The highest BCUT2D eigenvalue weighted by molar-refractivity contribution is 6.31. The van der Waals surface area contributed by atoms with Gasteiger partial charge in [0.15, 0.2) is 0 Å². The fraction of sp³-hybridized carbons (Fsp3) is 0.222. The summed E-state index contributed by atoms with van der Waals surface area (Å²) in [6.45, 7) is 2.24. The molecular weight excluding hydrogens is 347 g/mol. The van der Waals surface area contributed by atoms with Crippen LogP contribution in [0.5, 0.6) is 0 Å². The average molecular weight is 363 g/mol. The number of rotatable bonds is 3. The van der Waals surface area contributed by atoms with Crippen LogP contribution in [0.15, 0.2) is 42.5 Å². The summed E-state index contributed by atoms with van der Waals surface area (Å²) in [5.41, 5.74) is 2.28. The summed E-state index contributed by atoms with van der Waals surface area (Å²) in [7, 11) is 0. The minimum atomic E-state index is -0.406. The zero-order chi connectivity index (χ0) is 17.3. The van der Waals surface area contributed by atoms with Gasteiger partial charge in [0, 0.05) is 34.4 Å². The van der Waals surface area contributed by atoms with Crippen molar-refractivity contribution >= 4 is 46.4 Å². The lowest BCUT2D eigenvalue weighted by Crippen LogP contribution is -2.28. The smallest absolute Gasteiger partial charge is 0.229 e. The third kappa shape index (κ3) is 3.55. The Balaban J connectivity index is 1.72. The predicted octanol–water partition coefficient (Wildman–Crippen LogP) is 4.29. The van der Waals surface area contributed by atoms with E-state index in [0.717, 1.165) is 5.56 Å². The highest BCUT2D eigenvalue weighted by Crippen LogP contribution is 2.29. The highest BCUT2D eigenvalue weighted by Gasteiger charge is 2.35. The van der Waals surface area contributed by atoms with Crippen LogP contribution < -0.4 is 10.2 Å². The molecule has 0 radical (unpaired) electrons. The molecule has 1 aliphatic rings. The molecule has 0 unspecified atom stereocenters. The van der Waals surface area contributed by atoms with Gasteiger partial charge in [-0.1, -0.05) is 35.3 Å². The molecule has 0 aromatic heterocycles.